The first kappa shape index (κ1) is 17.0. The minimum Gasteiger partial charge on any atom is -0.481 e. The van der Waals surface area contributed by atoms with E-state index in [4.69, 9.17) is 5.11 Å². The number of benzene rings is 1. The van der Waals surface area contributed by atoms with E-state index in [9.17, 15) is 4.79 Å². The number of nitrogens with one attached hydrogen (secondary N) is 1. The van der Waals surface area contributed by atoms with Gasteiger partial charge in [-0.2, -0.15) is 0 Å². The van der Waals surface area contributed by atoms with Gasteiger partial charge in [-0.15, -0.1) is 0 Å². The molecule has 130 valence electrons. The van der Waals surface area contributed by atoms with Crippen molar-refractivity contribution in [1.82, 2.24) is 15.3 Å². The van der Waals surface area contributed by atoms with E-state index in [1.54, 1.807) is 0 Å². The highest BCUT2D eigenvalue weighted by Gasteiger charge is 2.25. The van der Waals surface area contributed by atoms with E-state index >= 15 is 0 Å². The maximum Gasteiger partial charge on any atom is 0.303 e. The zero-order valence-electron chi connectivity index (χ0n) is 14.4. The molecule has 0 spiro atoms. The van der Waals surface area contributed by atoms with Crippen LogP contribution in [0.25, 0.3) is 0 Å². The summed E-state index contributed by atoms with van der Waals surface area (Å²) in [5, 5.41) is 11.1. The summed E-state index contributed by atoms with van der Waals surface area (Å²) in [5.41, 5.74) is 7.13. The zero-order chi connectivity index (χ0) is 16.9. The lowest BCUT2D eigenvalue weighted by atomic mass is 9.99. The number of likely N-dealkylation sites (tertiary alicyclic amines) is 1. The van der Waals surface area contributed by atoms with Gasteiger partial charge in [0.05, 0.1) is 6.04 Å². The molecular weight excluding hydrogens is 302 g/mol. The molecule has 3 rings (SSSR count). The summed E-state index contributed by atoms with van der Waals surface area (Å²) in [6.07, 6.45) is 7.57. The van der Waals surface area contributed by atoms with E-state index < -0.39 is 5.97 Å². The molecule has 1 aromatic carbocycles. The van der Waals surface area contributed by atoms with Gasteiger partial charge in [0, 0.05) is 32.3 Å². The molecule has 1 atom stereocenters. The number of nitrogens with zero attached hydrogens (tertiary/aromatic N) is 2. The Kier molecular flexibility index (Phi) is 5.53. The molecule has 0 amide bonds. The predicted molar refractivity (Wildman–Crippen MR) is 94.4 cm³/mol. The van der Waals surface area contributed by atoms with Crippen LogP contribution in [0.3, 0.4) is 0 Å². The fourth-order valence-electron chi connectivity index (χ4n) is 3.57. The Morgan fingerprint density at radius 3 is 3.04 bits per heavy atom. The van der Waals surface area contributed by atoms with E-state index in [1.165, 1.54) is 24.0 Å². The molecule has 5 heteroatoms. The molecule has 24 heavy (non-hydrogen) atoms. The van der Waals surface area contributed by atoms with Crippen LogP contribution in [0.15, 0.2) is 30.5 Å². The highest BCUT2D eigenvalue weighted by atomic mass is 16.4. The molecule has 1 aromatic rings. The Morgan fingerprint density at radius 2 is 2.29 bits per heavy atom. The van der Waals surface area contributed by atoms with Gasteiger partial charge in [0.25, 0.3) is 0 Å². The van der Waals surface area contributed by atoms with Crippen LogP contribution in [-0.2, 0) is 17.8 Å². The number of hydrazine groups is 1. The van der Waals surface area contributed by atoms with Crippen LogP contribution >= 0.6 is 0 Å². The van der Waals surface area contributed by atoms with Crippen LogP contribution in [0, 0.1) is 6.92 Å². The van der Waals surface area contributed by atoms with Gasteiger partial charge >= 0.3 is 5.97 Å². The zero-order valence-corrected chi connectivity index (χ0v) is 14.4. The van der Waals surface area contributed by atoms with Gasteiger partial charge in [-0.3, -0.25) is 9.69 Å². The predicted octanol–water partition coefficient (Wildman–Crippen LogP) is 2.31. The Balaban J connectivity index is 1.62. The van der Waals surface area contributed by atoms with Crippen molar-refractivity contribution in [1.29, 1.82) is 0 Å². The van der Waals surface area contributed by atoms with E-state index in [0.717, 1.165) is 31.7 Å². The average Bonchev–Trinajstić information content (AvgIpc) is 3.10. The van der Waals surface area contributed by atoms with Gasteiger partial charge in [0.1, 0.15) is 0 Å². The van der Waals surface area contributed by atoms with Crippen LogP contribution < -0.4 is 5.43 Å². The van der Waals surface area contributed by atoms with Crippen molar-refractivity contribution in [2.24, 2.45) is 0 Å². The number of carboxylic acid groups (broad SMARTS) is 1. The number of carbonyl (C=O) groups is 1. The minimum absolute atomic E-state index is 0.196. The number of aryl methyl sites for hydroxylation is 2. The third-order valence-electron chi connectivity index (χ3n) is 4.97. The third kappa shape index (κ3) is 4.36. The number of piperidine rings is 1. The number of hydrogen-bond donors (Lipinski definition) is 2. The molecule has 2 aliphatic rings. The summed E-state index contributed by atoms with van der Waals surface area (Å²) in [4.78, 5) is 13.3. The summed E-state index contributed by atoms with van der Waals surface area (Å²) in [5.74, 6) is -0.734. The van der Waals surface area contributed by atoms with Crippen molar-refractivity contribution in [3.63, 3.8) is 0 Å². The molecule has 2 N–H and O–H groups in total. The summed E-state index contributed by atoms with van der Waals surface area (Å²) in [6, 6.07) is 6.90. The van der Waals surface area contributed by atoms with Gasteiger partial charge in [0.15, 0.2) is 0 Å². The van der Waals surface area contributed by atoms with Gasteiger partial charge in [-0.25, -0.2) is 5.43 Å². The maximum absolute atomic E-state index is 10.8. The van der Waals surface area contributed by atoms with Crippen molar-refractivity contribution in [2.45, 2.75) is 45.2 Å². The van der Waals surface area contributed by atoms with E-state index in [1.807, 2.05) is 0 Å². The molecule has 1 fully saturated rings. The highest BCUT2D eigenvalue weighted by molar-refractivity contribution is 5.67. The van der Waals surface area contributed by atoms with Crippen molar-refractivity contribution in [3.8, 4) is 0 Å². The first-order valence-electron chi connectivity index (χ1n) is 8.83. The first-order chi connectivity index (χ1) is 11.6. The lowest BCUT2D eigenvalue weighted by molar-refractivity contribution is -0.136. The molecule has 0 aromatic heterocycles. The summed E-state index contributed by atoms with van der Waals surface area (Å²) in [6.45, 7) is 6.22. The number of hydrogen-bond acceptors (Lipinski definition) is 4. The van der Waals surface area contributed by atoms with Gasteiger partial charge in [-0.1, -0.05) is 24.3 Å². The molecule has 5 nitrogen and oxygen atoms in total. The second-order valence-electron chi connectivity index (χ2n) is 6.84. The normalized spacial score (nSPS) is 21.4. The lowest BCUT2D eigenvalue weighted by Crippen LogP contribution is -2.48. The topological polar surface area (TPSA) is 55.8 Å². The van der Waals surface area contributed by atoms with Gasteiger partial charge in [0.2, 0.25) is 0 Å². The molecule has 0 aliphatic carbocycles. The van der Waals surface area contributed by atoms with Crippen molar-refractivity contribution in [2.75, 3.05) is 19.6 Å². The lowest BCUT2D eigenvalue weighted by Gasteiger charge is -2.37. The number of rotatable bonds is 6. The fourth-order valence-corrected chi connectivity index (χ4v) is 3.57. The van der Waals surface area contributed by atoms with Gasteiger partial charge in [-0.05, 0) is 49.4 Å². The fraction of sp³-hybridized carbons (Fsp3) is 0.526. The summed E-state index contributed by atoms with van der Waals surface area (Å²) < 4.78 is 0. The SMILES string of the molecule is Cc1ccc(CCC(=O)O)cc1CN1CCCC(N2C=CCN2)C1. The molecule has 2 aliphatic heterocycles. The second-order valence-corrected chi connectivity index (χ2v) is 6.84. The molecule has 1 saturated heterocycles. The Morgan fingerprint density at radius 1 is 1.42 bits per heavy atom. The van der Waals surface area contributed by atoms with Crippen LogP contribution in [0.2, 0.25) is 0 Å². The van der Waals surface area contributed by atoms with E-state index in [-0.39, 0.29) is 6.42 Å². The smallest absolute Gasteiger partial charge is 0.303 e. The van der Waals surface area contributed by atoms with Crippen molar-refractivity contribution in [3.05, 3.63) is 47.2 Å². The minimum atomic E-state index is -0.734. The van der Waals surface area contributed by atoms with Crippen LogP contribution in [0.1, 0.15) is 36.0 Å². The Hall–Kier alpha value is -1.85. The Labute approximate surface area is 143 Å². The third-order valence-corrected chi connectivity index (χ3v) is 4.97. The maximum atomic E-state index is 10.8. The molecular formula is C19H27N3O2. The highest BCUT2D eigenvalue weighted by Crippen LogP contribution is 2.21. The molecule has 1 unspecified atom stereocenters. The monoisotopic (exact) mass is 329 g/mol. The number of carboxylic acids is 1. The van der Waals surface area contributed by atoms with Crippen LogP contribution in [-0.4, -0.2) is 46.7 Å². The van der Waals surface area contributed by atoms with Crippen LogP contribution in [0.5, 0.6) is 0 Å². The second kappa shape index (κ2) is 7.81. The standard InChI is InChI=1S/C19H27N3O2/c1-15-5-6-16(7-8-19(23)24)12-17(15)13-21-10-2-4-18(14-21)22-11-3-9-20-22/h3,5-6,11-12,18,20H,2,4,7-10,13-14H2,1H3,(H,23,24). The van der Waals surface area contributed by atoms with E-state index in [0.29, 0.717) is 12.5 Å². The molecule has 0 bridgehead atoms. The number of aliphatic carboxylic acids is 1. The first-order valence-corrected chi connectivity index (χ1v) is 8.83. The van der Waals surface area contributed by atoms with Crippen molar-refractivity contribution < 1.29 is 9.90 Å². The summed E-state index contributed by atoms with van der Waals surface area (Å²) >= 11 is 0. The van der Waals surface area contributed by atoms with Gasteiger partial charge < -0.3 is 10.1 Å². The Bertz CT molecular complexity index is 615. The van der Waals surface area contributed by atoms with E-state index in [2.05, 4.69) is 52.7 Å². The summed E-state index contributed by atoms with van der Waals surface area (Å²) in [7, 11) is 0. The van der Waals surface area contributed by atoms with Crippen LogP contribution in [0.4, 0.5) is 0 Å². The molecule has 0 saturated carbocycles. The average molecular weight is 329 g/mol. The largest absolute Gasteiger partial charge is 0.481 e. The molecule has 0 radical (unpaired) electrons. The quantitative estimate of drug-likeness (QED) is 0.839. The van der Waals surface area contributed by atoms with Crippen molar-refractivity contribution >= 4 is 5.97 Å². The molecule has 2 heterocycles.